The summed E-state index contributed by atoms with van der Waals surface area (Å²) in [4.78, 5) is 28.7. The van der Waals surface area contributed by atoms with Crippen LogP contribution in [-0.4, -0.2) is 50.0 Å². The van der Waals surface area contributed by atoms with Crippen molar-refractivity contribution in [1.82, 2.24) is 10.2 Å². The van der Waals surface area contributed by atoms with Gasteiger partial charge in [-0.2, -0.15) is 0 Å². The number of nitrogens with zero attached hydrogens (tertiary/aromatic N) is 2. The highest BCUT2D eigenvalue weighted by Crippen LogP contribution is 2.24. The van der Waals surface area contributed by atoms with Crippen LogP contribution >= 0.6 is 11.6 Å². The number of carbonyl (C=O) groups excluding carboxylic acids is 2. The van der Waals surface area contributed by atoms with Crippen LogP contribution in [-0.2, 0) is 32.6 Å². The van der Waals surface area contributed by atoms with Crippen LogP contribution in [0.4, 0.5) is 14.5 Å². The number of carbonyl (C=O) groups is 2. The molecule has 1 N–H and O–H groups in total. The van der Waals surface area contributed by atoms with Crippen molar-refractivity contribution in [3.8, 4) is 0 Å². The zero-order valence-corrected chi connectivity index (χ0v) is 24.8. The Hall–Kier alpha value is -3.50. The van der Waals surface area contributed by atoms with Crippen LogP contribution < -0.4 is 9.62 Å². The predicted molar refractivity (Wildman–Crippen MR) is 157 cm³/mol. The van der Waals surface area contributed by atoms with Gasteiger partial charge in [-0.1, -0.05) is 60.1 Å². The molecule has 0 heterocycles. The summed E-state index contributed by atoms with van der Waals surface area (Å²) in [6.07, 6.45) is 1.15. The minimum Gasteiger partial charge on any atom is -0.352 e. The van der Waals surface area contributed by atoms with E-state index < -0.39 is 27.7 Å². The van der Waals surface area contributed by atoms with Crippen molar-refractivity contribution in [1.29, 1.82) is 0 Å². The van der Waals surface area contributed by atoms with Crippen LogP contribution in [0.25, 0.3) is 0 Å². The van der Waals surface area contributed by atoms with E-state index in [1.807, 2.05) is 44.2 Å². The van der Waals surface area contributed by atoms with Crippen molar-refractivity contribution < 1.29 is 26.8 Å². The first-order valence-corrected chi connectivity index (χ1v) is 15.4. The van der Waals surface area contributed by atoms with Gasteiger partial charge in [0.25, 0.3) is 0 Å². The van der Waals surface area contributed by atoms with Gasteiger partial charge in [-0.15, -0.1) is 0 Å². The summed E-state index contributed by atoms with van der Waals surface area (Å²) >= 11 is 6.42. The molecule has 0 spiro atoms. The largest absolute Gasteiger partial charge is 0.352 e. The quantitative estimate of drug-likeness (QED) is 0.285. The molecule has 3 aromatic rings. The van der Waals surface area contributed by atoms with E-state index in [0.717, 1.165) is 34.3 Å². The first-order chi connectivity index (χ1) is 19.4. The maximum atomic E-state index is 13.9. The third kappa shape index (κ3) is 9.26. The number of amides is 2. The van der Waals surface area contributed by atoms with Gasteiger partial charge in [0.05, 0.1) is 11.9 Å². The van der Waals surface area contributed by atoms with E-state index >= 15 is 0 Å². The lowest BCUT2D eigenvalue weighted by Crippen LogP contribution is -2.51. The summed E-state index contributed by atoms with van der Waals surface area (Å²) in [6, 6.07) is 18.1. The molecule has 220 valence electrons. The van der Waals surface area contributed by atoms with Gasteiger partial charge in [-0.25, -0.2) is 17.2 Å². The molecule has 0 aromatic heterocycles. The normalized spacial score (nSPS) is 12.2. The highest BCUT2D eigenvalue weighted by molar-refractivity contribution is 7.92. The second-order valence-electron chi connectivity index (χ2n) is 10.0. The Morgan fingerprint density at radius 1 is 0.951 bits per heavy atom. The molecule has 3 rings (SSSR count). The molecule has 3 aromatic carbocycles. The van der Waals surface area contributed by atoms with Crippen molar-refractivity contribution in [2.45, 2.75) is 51.7 Å². The molecule has 11 heteroatoms. The van der Waals surface area contributed by atoms with Crippen LogP contribution in [0.2, 0.25) is 5.02 Å². The number of hydrogen-bond acceptors (Lipinski definition) is 4. The summed E-state index contributed by atoms with van der Waals surface area (Å²) in [5, 5.41) is 3.34. The fraction of sp³-hybridized carbons (Fsp3) is 0.333. The topological polar surface area (TPSA) is 86.8 Å². The average Bonchev–Trinajstić information content (AvgIpc) is 2.90. The summed E-state index contributed by atoms with van der Waals surface area (Å²) in [5.41, 5.74) is 1.46. The molecule has 0 aliphatic carbocycles. The Labute approximate surface area is 245 Å². The lowest BCUT2D eigenvalue weighted by Gasteiger charge is -2.32. The van der Waals surface area contributed by atoms with Gasteiger partial charge in [0.15, 0.2) is 11.6 Å². The molecule has 0 fully saturated rings. The van der Waals surface area contributed by atoms with Gasteiger partial charge in [0, 0.05) is 43.1 Å². The second kappa shape index (κ2) is 14.4. The molecule has 0 radical (unpaired) electrons. The summed E-state index contributed by atoms with van der Waals surface area (Å²) < 4.78 is 53.2. The van der Waals surface area contributed by atoms with Crippen LogP contribution in [0.15, 0.2) is 72.8 Å². The maximum Gasteiger partial charge on any atom is 0.243 e. The first kappa shape index (κ1) is 32.0. The van der Waals surface area contributed by atoms with E-state index in [9.17, 15) is 26.8 Å². The molecule has 0 saturated heterocycles. The minimum atomic E-state index is -3.87. The van der Waals surface area contributed by atoms with E-state index in [2.05, 4.69) is 5.32 Å². The zero-order chi connectivity index (χ0) is 30.2. The van der Waals surface area contributed by atoms with Gasteiger partial charge in [-0.3, -0.25) is 13.9 Å². The smallest absolute Gasteiger partial charge is 0.243 e. The first-order valence-electron chi connectivity index (χ1n) is 13.2. The van der Waals surface area contributed by atoms with E-state index in [-0.39, 0.29) is 55.9 Å². The zero-order valence-electron chi connectivity index (χ0n) is 23.2. The third-order valence-electron chi connectivity index (χ3n) is 6.34. The Kier molecular flexibility index (Phi) is 11.3. The summed E-state index contributed by atoms with van der Waals surface area (Å²) in [5.74, 6) is -3.00. The second-order valence-corrected chi connectivity index (χ2v) is 12.3. The number of nitrogens with one attached hydrogen (secondary N) is 1. The molecule has 7 nitrogen and oxygen atoms in total. The highest BCUT2D eigenvalue weighted by Gasteiger charge is 2.31. The predicted octanol–water partition coefficient (Wildman–Crippen LogP) is 5.33. The summed E-state index contributed by atoms with van der Waals surface area (Å²) in [7, 11) is -3.87. The van der Waals surface area contributed by atoms with Crippen molar-refractivity contribution >= 4 is 39.1 Å². The molecule has 0 unspecified atom stereocenters. The van der Waals surface area contributed by atoms with Gasteiger partial charge in [-0.05, 0) is 49.6 Å². The molecule has 0 bridgehead atoms. The van der Waals surface area contributed by atoms with Crippen molar-refractivity contribution in [2.75, 3.05) is 17.1 Å². The standard InChI is InChI=1S/C30H34ClF2N3O4S/c1-21(2)34-30(38)28(18-22-10-5-4-6-11-22)35(20-23-12-7-8-13-25(23)31)29(37)14-9-17-36(41(3,39)40)24-15-16-26(32)27(33)19-24/h4-8,10-13,15-16,19,21,28H,9,14,17-18,20H2,1-3H3,(H,34,38)/t28-/m1/s1. The fourth-order valence-electron chi connectivity index (χ4n) is 4.39. The van der Waals surface area contributed by atoms with Crippen LogP contribution in [0, 0.1) is 11.6 Å². The van der Waals surface area contributed by atoms with Crippen molar-refractivity contribution in [3.63, 3.8) is 0 Å². The lowest BCUT2D eigenvalue weighted by atomic mass is 10.0. The Morgan fingerprint density at radius 3 is 2.22 bits per heavy atom. The van der Waals surface area contributed by atoms with E-state index in [1.165, 1.54) is 4.90 Å². The lowest BCUT2D eigenvalue weighted by molar-refractivity contribution is -0.141. The third-order valence-corrected chi connectivity index (χ3v) is 7.91. The summed E-state index contributed by atoms with van der Waals surface area (Å²) in [6.45, 7) is 3.56. The number of anilines is 1. The molecule has 0 aliphatic heterocycles. The molecular formula is C30H34ClF2N3O4S. The Morgan fingerprint density at radius 2 is 1.61 bits per heavy atom. The monoisotopic (exact) mass is 605 g/mol. The molecule has 0 saturated carbocycles. The Bertz CT molecular complexity index is 1460. The molecule has 41 heavy (non-hydrogen) atoms. The number of rotatable bonds is 13. The van der Waals surface area contributed by atoms with Gasteiger partial charge < -0.3 is 10.2 Å². The van der Waals surface area contributed by atoms with Crippen molar-refractivity contribution in [3.05, 3.63) is 101 Å². The number of benzene rings is 3. The number of hydrogen-bond donors (Lipinski definition) is 1. The number of halogens is 3. The van der Waals surface area contributed by atoms with E-state index in [4.69, 9.17) is 11.6 Å². The fourth-order valence-corrected chi connectivity index (χ4v) is 5.54. The molecule has 0 aliphatic rings. The SMILES string of the molecule is CC(C)NC(=O)[C@@H](Cc1ccccc1)N(Cc1ccccc1Cl)C(=O)CCCN(c1ccc(F)c(F)c1)S(C)(=O)=O. The molecular weight excluding hydrogens is 572 g/mol. The minimum absolute atomic E-state index is 0.0509. The van der Waals surface area contributed by atoms with Gasteiger partial charge in [0.1, 0.15) is 6.04 Å². The van der Waals surface area contributed by atoms with E-state index in [0.29, 0.717) is 10.6 Å². The van der Waals surface area contributed by atoms with Crippen LogP contribution in [0.5, 0.6) is 0 Å². The molecule has 2 amide bonds. The molecule has 1 atom stereocenters. The Balaban J connectivity index is 1.89. The highest BCUT2D eigenvalue weighted by atomic mass is 35.5. The van der Waals surface area contributed by atoms with Crippen molar-refractivity contribution in [2.24, 2.45) is 0 Å². The van der Waals surface area contributed by atoms with Crippen LogP contribution in [0.3, 0.4) is 0 Å². The maximum absolute atomic E-state index is 13.9. The average molecular weight is 606 g/mol. The van der Waals surface area contributed by atoms with Gasteiger partial charge in [0.2, 0.25) is 21.8 Å². The number of sulfonamides is 1. The van der Waals surface area contributed by atoms with E-state index in [1.54, 1.807) is 24.3 Å². The van der Waals surface area contributed by atoms with Crippen LogP contribution in [0.1, 0.15) is 37.8 Å². The van der Waals surface area contributed by atoms with Gasteiger partial charge >= 0.3 is 0 Å².